The fourth-order valence-electron chi connectivity index (χ4n) is 3.19. The van der Waals surface area contributed by atoms with Crippen LogP contribution >= 0.6 is 0 Å². The van der Waals surface area contributed by atoms with Gasteiger partial charge in [0, 0.05) is 49.1 Å². The lowest BCUT2D eigenvalue weighted by molar-refractivity contribution is -0.384. The molecular weight excluding hydrogens is 292 g/mol. The Morgan fingerprint density at radius 2 is 2.00 bits per heavy atom. The standard InChI is InChI=1S/C17H26N4O2/c1-3-19-13(2)12-17(18)14-8-10-20(11-9-14)15-4-6-16(7-5-15)21(22)23/h4-7,13-14,18-19H,3,8-12H2,1-2H3. The minimum atomic E-state index is -0.372. The molecule has 1 atom stereocenters. The summed E-state index contributed by atoms with van der Waals surface area (Å²) in [5.41, 5.74) is 2.01. The van der Waals surface area contributed by atoms with Crippen LogP contribution in [-0.4, -0.2) is 36.3 Å². The molecule has 1 aromatic carbocycles. The molecule has 1 aromatic rings. The van der Waals surface area contributed by atoms with Crippen molar-refractivity contribution in [1.29, 1.82) is 5.41 Å². The highest BCUT2D eigenvalue weighted by molar-refractivity contribution is 5.84. The molecule has 1 aliphatic heterocycles. The van der Waals surface area contributed by atoms with E-state index in [1.165, 1.54) is 0 Å². The Balaban J connectivity index is 1.85. The van der Waals surface area contributed by atoms with E-state index in [4.69, 9.17) is 5.41 Å². The maximum absolute atomic E-state index is 10.7. The molecule has 2 rings (SSSR count). The molecule has 1 fully saturated rings. The Labute approximate surface area is 137 Å². The maximum Gasteiger partial charge on any atom is 0.269 e. The average Bonchev–Trinajstić information content (AvgIpc) is 2.55. The Bertz CT molecular complexity index is 536. The van der Waals surface area contributed by atoms with Crippen LogP contribution in [0.25, 0.3) is 0 Å². The molecule has 0 saturated carbocycles. The minimum absolute atomic E-state index is 0.128. The van der Waals surface area contributed by atoms with Crippen molar-refractivity contribution in [2.45, 2.75) is 39.2 Å². The Morgan fingerprint density at radius 1 is 1.39 bits per heavy atom. The Hall–Kier alpha value is -1.95. The Kier molecular flexibility index (Phi) is 6.10. The minimum Gasteiger partial charge on any atom is -0.371 e. The van der Waals surface area contributed by atoms with Gasteiger partial charge in [0.05, 0.1) is 4.92 Å². The molecule has 1 heterocycles. The van der Waals surface area contributed by atoms with Crippen molar-refractivity contribution in [1.82, 2.24) is 5.32 Å². The number of rotatable bonds is 7. The highest BCUT2D eigenvalue weighted by Gasteiger charge is 2.23. The lowest BCUT2D eigenvalue weighted by atomic mass is 9.88. The quantitative estimate of drug-likeness (QED) is 0.459. The van der Waals surface area contributed by atoms with Gasteiger partial charge in [-0.3, -0.25) is 10.1 Å². The molecule has 126 valence electrons. The van der Waals surface area contributed by atoms with Crippen molar-refractivity contribution < 1.29 is 4.92 Å². The van der Waals surface area contributed by atoms with Crippen LogP contribution in [0.5, 0.6) is 0 Å². The van der Waals surface area contributed by atoms with E-state index in [1.807, 2.05) is 12.1 Å². The Morgan fingerprint density at radius 3 is 2.52 bits per heavy atom. The molecule has 6 nitrogen and oxygen atoms in total. The summed E-state index contributed by atoms with van der Waals surface area (Å²) >= 11 is 0. The fraction of sp³-hybridized carbons (Fsp3) is 0.588. The normalized spacial score (nSPS) is 17.0. The number of nitrogens with zero attached hydrogens (tertiary/aromatic N) is 2. The van der Waals surface area contributed by atoms with E-state index >= 15 is 0 Å². The second kappa shape index (κ2) is 8.06. The molecule has 0 amide bonds. The van der Waals surface area contributed by atoms with E-state index in [9.17, 15) is 10.1 Å². The fourth-order valence-corrected chi connectivity index (χ4v) is 3.19. The van der Waals surface area contributed by atoms with Crippen LogP contribution in [0.3, 0.4) is 0 Å². The number of non-ortho nitro benzene ring substituents is 1. The summed E-state index contributed by atoms with van der Waals surface area (Å²) in [6, 6.07) is 7.11. The predicted molar refractivity (Wildman–Crippen MR) is 93.5 cm³/mol. The summed E-state index contributed by atoms with van der Waals surface area (Å²) in [6.07, 6.45) is 2.78. The van der Waals surface area contributed by atoms with Gasteiger partial charge in [-0.1, -0.05) is 6.92 Å². The van der Waals surface area contributed by atoms with Crippen LogP contribution in [0, 0.1) is 21.4 Å². The molecule has 6 heteroatoms. The highest BCUT2D eigenvalue weighted by atomic mass is 16.6. The van der Waals surface area contributed by atoms with Gasteiger partial charge in [0.2, 0.25) is 0 Å². The van der Waals surface area contributed by atoms with Gasteiger partial charge < -0.3 is 15.6 Å². The second-order valence-corrected chi connectivity index (χ2v) is 6.22. The summed E-state index contributed by atoms with van der Waals surface area (Å²) < 4.78 is 0. The zero-order chi connectivity index (χ0) is 16.8. The van der Waals surface area contributed by atoms with Crippen LogP contribution in [0.1, 0.15) is 33.1 Å². The molecule has 0 aromatic heterocycles. The molecule has 0 radical (unpaired) electrons. The van der Waals surface area contributed by atoms with Gasteiger partial charge in [0.25, 0.3) is 5.69 Å². The lowest BCUT2D eigenvalue weighted by Crippen LogP contribution is -2.38. The third-order valence-corrected chi connectivity index (χ3v) is 4.49. The number of nitro benzene ring substituents is 1. The molecule has 23 heavy (non-hydrogen) atoms. The summed E-state index contributed by atoms with van der Waals surface area (Å²) in [6.45, 7) is 6.96. The van der Waals surface area contributed by atoms with Crippen LogP contribution in [0.2, 0.25) is 0 Å². The molecule has 1 unspecified atom stereocenters. The second-order valence-electron chi connectivity index (χ2n) is 6.22. The van der Waals surface area contributed by atoms with Crippen LogP contribution < -0.4 is 10.2 Å². The predicted octanol–water partition coefficient (Wildman–Crippen LogP) is 3.22. The average molecular weight is 318 g/mol. The number of nitro groups is 1. The van der Waals surface area contributed by atoms with E-state index < -0.39 is 0 Å². The van der Waals surface area contributed by atoms with E-state index in [0.717, 1.165) is 50.3 Å². The maximum atomic E-state index is 10.7. The van der Waals surface area contributed by atoms with Gasteiger partial charge in [-0.2, -0.15) is 0 Å². The van der Waals surface area contributed by atoms with E-state index in [2.05, 4.69) is 24.1 Å². The zero-order valence-corrected chi connectivity index (χ0v) is 13.9. The number of hydrogen-bond donors (Lipinski definition) is 2. The molecule has 0 spiro atoms. The summed E-state index contributed by atoms with van der Waals surface area (Å²) in [7, 11) is 0. The molecule has 2 N–H and O–H groups in total. The third kappa shape index (κ3) is 4.76. The largest absolute Gasteiger partial charge is 0.371 e. The molecule has 0 bridgehead atoms. The van der Waals surface area contributed by atoms with Crippen molar-refractivity contribution in [2.75, 3.05) is 24.5 Å². The topological polar surface area (TPSA) is 82.3 Å². The van der Waals surface area contributed by atoms with Crippen molar-refractivity contribution in [2.24, 2.45) is 5.92 Å². The number of anilines is 1. The van der Waals surface area contributed by atoms with Gasteiger partial charge in [0.1, 0.15) is 0 Å². The van der Waals surface area contributed by atoms with Crippen molar-refractivity contribution in [3.8, 4) is 0 Å². The van der Waals surface area contributed by atoms with Gasteiger partial charge in [-0.15, -0.1) is 0 Å². The van der Waals surface area contributed by atoms with Crippen LogP contribution in [0.4, 0.5) is 11.4 Å². The molecule has 1 saturated heterocycles. The van der Waals surface area contributed by atoms with Crippen molar-refractivity contribution in [3.63, 3.8) is 0 Å². The van der Waals surface area contributed by atoms with Crippen molar-refractivity contribution in [3.05, 3.63) is 34.4 Å². The lowest BCUT2D eigenvalue weighted by Gasteiger charge is -2.34. The summed E-state index contributed by atoms with van der Waals surface area (Å²) in [5, 5.41) is 22.4. The van der Waals surface area contributed by atoms with E-state index in [-0.39, 0.29) is 10.6 Å². The highest BCUT2D eigenvalue weighted by Crippen LogP contribution is 2.26. The number of hydrogen-bond acceptors (Lipinski definition) is 5. The van der Waals surface area contributed by atoms with Gasteiger partial charge >= 0.3 is 0 Å². The first kappa shape index (κ1) is 17.4. The molecule has 1 aliphatic rings. The third-order valence-electron chi connectivity index (χ3n) is 4.49. The van der Waals surface area contributed by atoms with Gasteiger partial charge in [-0.25, -0.2) is 0 Å². The molecular formula is C17H26N4O2. The monoisotopic (exact) mass is 318 g/mol. The van der Waals surface area contributed by atoms with Crippen LogP contribution in [0.15, 0.2) is 24.3 Å². The first-order valence-corrected chi connectivity index (χ1v) is 8.31. The number of nitrogens with one attached hydrogen (secondary N) is 2. The molecule has 0 aliphatic carbocycles. The number of benzene rings is 1. The smallest absolute Gasteiger partial charge is 0.269 e. The van der Waals surface area contributed by atoms with E-state index in [1.54, 1.807) is 12.1 Å². The van der Waals surface area contributed by atoms with Gasteiger partial charge in [0.15, 0.2) is 0 Å². The first-order valence-electron chi connectivity index (χ1n) is 8.31. The number of piperidine rings is 1. The summed E-state index contributed by atoms with van der Waals surface area (Å²) in [5.74, 6) is 0.366. The summed E-state index contributed by atoms with van der Waals surface area (Å²) in [4.78, 5) is 12.6. The van der Waals surface area contributed by atoms with E-state index in [0.29, 0.717) is 12.0 Å². The first-order chi connectivity index (χ1) is 11.0. The zero-order valence-electron chi connectivity index (χ0n) is 13.9. The SMILES string of the molecule is CCNC(C)CC(=N)C1CCN(c2ccc([N+](=O)[O-])cc2)CC1. The van der Waals surface area contributed by atoms with Crippen molar-refractivity contribution >= 4 is 17.1 Å². The van der Waals surface area contributed by atoms with Gasteiger partial charge in [-0.05, 0) is 44.4 Å². The van der Waals surface area contributed by atoms with Crippen LogP contribution in [-0.2, 0) is 0 Å².